The molecule has 2 aliphatic heterocycles. The normalized spacial score (nSPS) is 20.9. The van der Waals surface area contributed by atoms with Crippen molar-refractivity contribution in [3.63, 3.8) is 0 Å². The Morgan fingerprint density at radius 2 is 2.43 bits per heavy atom. The van der Waals surface area contributed by atoms with Gasteiger partial charge in [-0.25, -0.2) is 0 Å². The van der Waals surface area contributed by atoms with E-state index < -0.39 is 0 Å². The maximum atomic E-state index is 12.2. The summed E-state index contributed by atoms with van der Waals surface area (Å²) in [6.45, 7) is 1.88. The third-order valence-corrected chi connectivity index (χ3v) is 4.01. The summed E-state index contributed by atoms with van der Waals surface area (Å²) in [6, 6.07) is 5.38. The van der Waals surface area contributed by atoms with E-state index in [0.717, 1.165) is 17.0 Å². The average Bonchev–Trinajstić information content (AvgIpc) is 2.97. The van der Waals surface area contributed by atoms with Gasteiger partial charge in [0.15, 0.2) is 0 Å². The monoisotopic (exact) mass is 308 g/mol. The molecule has 21 heavy (non-hydrogen) atoms. The van der Waals surface area contributed by atoms with Crippen molar-refractivity contribution in [2.75, 3.05) is 38.2 Å². The number of anilines is 1. The summed E-state index contributed by atoms with van der Waals surface area (Å²) in [4.78, 5) is 14.1. The molecule has 1 atom stereocenters. The molecule has 3 rings (SSSR count). The number of aliphatic hydroxyl groups is 1. The third kappa shape index (κ3) is 3.18. The molecule has 1 aromatic carbocycles. The summed E-state index contributed by atoms with van der Waals surface area (Å²) in [7, 11) is 0. The Hall–Kier alpha value is -1.61. The van der Waals surface area contributed by atoms with Gasteiger partial charge in [0.05, 0.1) is 49.4 Å². The van der Waals surface area contributed by atoms with E-state index in [2.05, 4.69) is 14.0 Å². The minimum atomic E-state index is -0.129. The number of amides is 1. The van der Waals surface area contributed by atoms with Crippen LogP contribution in [0.1, 0.15) is 0 Å². The Morgan fingerprint density at radius 1 is 1.52 bits per heavy atom. The van der Waals surface area contributed by atoms with Crippen LogP contribution in [0.25, 0.3) is 0 Å². The van der Waals surface area contributed by atoms with Crippen LogP contribution in [0, 0.1) is 0 Å². The molecule has 0 aliphatic carbocycles. The molecule has 0 bridgehead atoms. The van der Waals surface area contributed by atoms with Gasteiger partial charge in [0.25, 0.3) is 0 Å². The number of carbonyl (C=O) groups excluding carboxylic acids is 1. The van der Waals surface area contributed by atoms with Gasteiger partial charge in [-0.3, -0.25) is 9.69 Å². The first kappa shape index (κ1) is 14.3. The van der Waals surface area contributed by atoms with Crippen LogP contribution in [0.4, 0.5) is 17.1 Å². The van der Waals surface area contributed by atoms with Crippen LogP contribution >= 0.6 is 0 Å². The standard InChI is InChI=1S/C13H16N4O3S/c18-7-9-8-20-5-4-17(9)6-12(19)14-10-2-1-3-11-13(10)16-21-15-11/h1-3,9,18H,4-8H2,(H,14,19). The molecule has 7 nitrogen and oxygen atoms in total. The van der Waals surface area contributed by atoms with E-state index in [9.17, 15) is 9.90 Å². The Bertz CT molecular complexity index is 615. The Balaban J connectivity index is 1.65. The van der Waals surface area contributed by atoms with Crippen molar-refractivity contribution in [2.24, 2.45) is 8.73 Å². The highest BCUT2D eigenvalue weighted by Gasteiger charge is 2.24. The quantitative estimate of drug-likeness (QED) is 0.884. The van der Waals surface area contributed by atoms with Crippen LogP contribution in [-0.2, 0) is 20.9 Å². The smallest absolute Gasteiger partial charge is 0.238 e. The lowest BCUT2D eigenvalue weighted by atomic mass is 10.2. The topological polar surface area (TPSA) is 86.5 Å². The molecule has 0 spiro atoms. The highest BCUT2D eigenvalue weighted by molar-refractivity contribution is 7.58. The summed E-state index contributed by atoms with van der Waals surface area (Å²) in [5.41, 5.74) is 2.15. The molecule has 1 fully saturated rings. The van der Waals surface area contributed by atoms with Crippen LogP contribution < -0.4 is 5.32 Å². The molecule has 2 N–H and O–H groups in total. The van der Waals surface area contributed by atoms with Crippen molar-refractivity contribution in [3.05, 3.63) is 18.2 Å². The lowest BCUT2D eigenvalue weighted by Gasteiger charge is -2.33. The van der Waals surface area contributed by atoms with Crippen LogP contribution in [0.3, 0.4) is 0 Å². The minimum Gasteiger partial charge on any atom is -0.395 e. The van der Waals surface area contributed by atoms with E-state index in [0.29, 0.717) is 31.1 Å². The van der Waals surface area contributed by atoms with E-state index in [4.69, 9.17) is 4.74 Å². The van der Waals surface area contributed by atoms with E-state index >= 15 is 0 Å². The molecule has 112 valence electrons. The maximum Gasteiger partial charge on any atom is 0.238 e. The summed E-state index contributed by atoms with van der Waals surface area (Å²) >= 11 is 1.12. The van der Waals surface area contributed by atoms with Gasteiger partial charge in [0, 0.05) is 6.54 Å². The number of aliphatic hydroxyl groups excluding tert-OH is 1. The third-order valence-electron chi connectivity index (χ3n) is 3.47. The van der Waals surface area contributed by atoms with E-state index in [1.165, 1.54) is 0 Å². The zero-order valence-corrected chi connectivity index (χ0v) is 12.2. The van der Waals surface area contributed by atoms with Gasteiger partial charge in [0.2, 0.25) is 5.91 Å². The number of rotatable bonds is 4. The van der Waals surface area contributed by atoms with Gasteiger partial charge >= 0.3 is 0 Å². The molecule has 2 aliphatic rings. The summed E-state index contributed by atoms with van der Waals surface area (Å²) < 4.78 is 13.6. The lowest BCUT2D eigenvalue weighted by Crippen LogP contribution is -2.50. The second-order valence-electron chi connectivity index (χ2n) is 4.87. The number of hydrogen-bond donors (Lipinski definition) is 2. The molecule has 0 saturated carbocycles. The van der Waals surface area contributed by atoms with Gasteiger partial charge in [-0.05, 0) is 12.1 Å². The first-order chi connectivity index (χ1) is 10.3. The van der Waals surface area contributed by atoms with Crippen molar-refractivity contribution in [2.45, 2.75) is 6.04 Å². The minimum absolute atomic E-state index is 0.0150. The molecule has 8 heteroatoms. The largest absolute Gasteiger partial charge is 0.395 e. The first-order valence-electron chi connectivity index (χ1n) is 6.71. The molecule has 1 saturated heterocycles. The fourth-order valence-corrected chi connectivity index (χ4v) is 2.90. The zero-order chi connectivity index (χ0) is 14.7. The number of fused-ring (bicyclic) bond motifs is 1. The van der Waals surface area contributed by atoms with Gasteiger partial charge in [0.1, 0.15) is 11.4 Å². The highest BCUT2D eigenvalue weighted by Crippen LogP contribution is 2.38. The van der Waals surface area contributed by atoms with Crippen molar-refractivity contribution in [1.82, 2.24) is 4.90 Å². The molecular formula is C13H16N4O3S. The van der Waals surface area contributed by atoms with E-state index in [1.54, 1.807) is 0 Å². The molecule has 0 radical (unpaired) electrons. The number of nitrogens with zero attached hydrogens (tertiary/aromatic N) is 3. The van der Waals surface area contributed by atoms with E-state index in [1.807, 2.05) is 23.1 Å². The maximum absolute atomic E-state index is 12.2. The Morgan fingerprint density at radius 3 is 3.29 bits per heavy atom. The van der Waals surface area contributed by atoms with Crippen molar-refractivity contribution < 1.29 is 14.6 Å². The second-order valence-corrected chi connectivity index (χ2v) is 5.40. The van der Waals surface area contributed by atoms with Gasteiger partial charge in [-0.2, -0.15) is 8.73 Å². The van der Waals surface area contributed by atoms with Gasteiger partial charge in [-0.1, -0.05) is 6.07 Å². The SMILES string of the molecule is O=C(CN1CCOCC1CO)Nc1cccc2c1N=S=N2. The molecular weight excluding hydrogens is 292 g/mol. The predicted molar refractivity (Wildman–Crippen MR) is 79.9 cm³/mol. The van der Waals surface area contributed by atoms with Crippen molar-refractivity contribution in [3.8, 4) is 0 Å². The van der Waals surface area contributed by atoms with Crippen LogP contribution in [0.15, 0.2) is 26.9 Å². The first-order valence-corrected chi connectivity index (χ1v) is 7.45. The van der Waals surface area contributed by atoms with Crippen LogP contribution in [0.5, 0.6) is 0 Å². The Labute approximate surface area is 125 Å². The molecule has 1 unspecified atom stereocenters. The van der Waals surface area contributed by atoms with Crippen molar-refractivity contribution in [1.29, 1.82) is 0 Å². The lowest BCUT2D eigenvalue weighted by molar-refractivity contribution is -0.120. The van der Waals surface area contributed by atoms with Crippen molar-refractivity contribution >= 4 is 34.3 Å². The predicted octanol–water partition coefficient (Wildman–Crippen LogP) is 1.04. The summed E-state index contributed by atoms with van der Waals surface area (Å²) in [5, 5.41) is 12.2. The van der Waals surface area contributed by atoms with E-state index in [-0.39, 0.29) is 25.1 Å². The fraction of sp³-hybridized carbons (Fsp3) is 0.462. The molecule has 0 aromatic heterocycles. The molecule has 2 heterocycles. The number of hydrogen-bond acceptors (Lipinski definition) is 6. The van der Waals surface area contributed by atoms with Crippen LogP contribution in [0.2, 0.25) is 0 Å². The zero-order valence-electron chi connectivity index (χ0n) is 11.4. The number of benzene rings is 1. The average molecular weight is 308 g/mol. The number of ether oxygens (including phenoxy) is 1. The highest BCUT2D eigenvalue weighted by atomic mass is 32.1. The van der Waals surface area contributed by atoms with Crippen LogP contribution in [-0.4, -0.2) is 54.9 Å². The fourth-order valence-electron chi connectivity index (χ4n) is 2.35. The van der Waals surface area contributed by atoms with Gasteiger partial charge in [-0.15, -0.1) is 0 Å². The number of carbonyl (C=O) groups is 1. The number of nitrogens with one attached hydrogen (secondary N) is 1. The second kappa shape index (κ2) is 6.44. The Kier molecular flexibility index (Phi) is 4.39. The van der Waals surface area contributed by atoms with Gasteiger partial charge < -0.3 is 15.2 Å². The number of morpholine rings is 1. The molecule has 1 amide bonds. The molecule has 1 aromatic rings. The summed E-state index contributed by atoms with van der Waals surface area (Å²) in [5.74, 6) is -0.129. The summed E-state index contributed by atoms with van der Waals surface area (Å²) in [6.07, 6.45) is 0.